The molecule has 0 amide bonds. The minimum atomic E-state index is 1.09. The van der Waals surface area contributed by atoms with Gasteiger partial charge < -0.3 is 5.73 Å². The Labute approximate surface area is 88.7 Å². The maximum absolute atomic E-state index is 5.25. The molecule has 0 rings (SSSR count). The van der Waals surface area contributed by atoms with Gasteiger partial charge >= 0.3 is 0 Å². The van der Waals surface area contributed by atoms with Gasteiger partial charge in [0.1, 0.15) is 0 Å². The van der Waals surface area contributed by atoms with Crippen LogP contribution in [0.1, 0.15) is 33.1 Å². The van der Waals surface area contributed by atoms with E-state index in [9.17, 15) is 0 Å². The molecule has 0 aromatic heterocycles. The highest BCUT2D eigenvalue weighted by molar-refractivity contribution is 5.26. The molecule has 0 aromatic rings. The Morgan fingerprint density at radius 3 is 2.36 bits per heavy atom. The second-order valence-corrected chi connectivity index (χ2v) is 3.01. The zero-order chi connectivity index (χ0) is 11.4. The predicted molar refractivity (Wildman–Crippen MR) is 67.0 cm³/mol. The van der Waals surface area contributed by atoms with E-state index < -0.39 is 0 Å². The van der Waals surface area contributed by atoms with Gasteiger partial charge in [-0.1, -0.05) is 31.6 Å². The molecule has 0 aromatic carbocycles. The Bertz CT molecular complexity index is 199. The minimum absolute atomic E-state index is 1.09. The molecule has 0 saturated heterocycles. The molecule has 2 N–H and O–H groups in total. The molecule has 1 nitrogen and oxygen atoms in total. The van der Waals surface area contributed by atoms with Crippen molar-refractivity contribution in [2.45, 2.75) is 33.1 Å². The Morgan fingerprint density at radius 2 is 1.93 bits per heavy atom. The van der Waals surface area contributed by atoms with Gasteiger partial charge in [-0.2, -0.15) is 0 Å². The van der Waals surface area contributed by atoms with Crippen LogP contribution in [0, 0.1) is 0 Å². The smallest absolute Gasteiger partial charge is 0.00597 e. The third-order valence-electron chi connectivity index (χ3n) is 1.64. The van der Waals surface area contributed by atoms with Crippen LogP contribution < -0.4 is 5.73 Å². The Morgan fingerprint density at radius 1 is 1.36 bits per heavy atom. The molecule has 0 heterocycles. The highest BCUT2D eigenvalue weighted by Gasteiger charge is 1.89. The van der Waals surface area contributed by atoms with Crippen molar-refractivity contribution in [1.82, 2.24) is 0 Å². The van der Waals surface area contributed by atoms with Gasteiger partial charge in [-0.05, 0) is 37.6 Å². The summed E-state index contributed by atoms with van der Waals surface area (Å²) < 4.78 is 0. The van der Waals surface area contributed by atoms with Gasteiger partial charge in [0.2, 0.25) is 0 Å². The van der Waals surface area contributed by atoms with Crippen LogP contribution in [-0.2, 0) is 0 Å². The lowest BCUT2D eigenvalue weighted by atomic mass is 10.1. The number of nitrogens with two attached hydrogens (primary N) is 1. The predicted octanol–water partition coefficient (Wildman–Crippen LogP) is 3.95. The fraction of sp³-hybridized carbons (Fsp3) is 0.385. The van der Waals surface area contributed by atoms with Gasteiger partial charge in [0.25, 0.3) is 0 Å². The average molecular weight is 193 g/mol. The minimum Gasteiger partial charge on any atom is -0.405 e. The molecule has 0 fully saturated rings. The summed E-state index contributed by atoms with van der Waals surface area (Å²) in [6, 6.07) is 0. The molecular formula is C13H23N. The normalized spacial score (nSPS) is 10.9. The second-order valence-electron chi connectivity index (χ2n) is 3.01. The van der Waals surface area contributed by atoms with E-state index >= 15 is 0 Å². The first kappa shape index (κ1) is 15.2. The van der Waals surface area contributed by atoms with E-state index in [1.165, 1.54) is 24.0 Å². The van der Waals surface area contributed by atoms with E-state index in [1.807, 2.05) is 13.0 Å². The van der Waals surface area contributed by atoms with Crippen LogP contribution in [0.2, 0.25) is 0 Å². The summed E-state index contributed by atoms with van der Waals surface area (Å²) in [4.78, 5) is 0. The van der Waals surface area contributed by atoms with Crippen LogP contribution in [0.25, 0.3) is 0 Å². The van der Waals surface area contributed by atoms with Crippen molar-refractivity contribution in [3.8, 4) is 0 Å². The monoisotopic (exact) mass is 193 g/mol. The number of allylic oxidation sites excluding steroid dienone is 4. The van der Waals surface area contributed by atoms with Gasteiger partial charge in [0, 0.05) is 0 Å². The largest absolute Gasteiger partial charge is 0.405 e. The molecule has 0 aliphatic heterocycles. The Balaban J connectivity index is 0. The lowest BCUT2D eigenvalue weighted by Crippen LogP contribution is -1.81. The molecule has 0 bridgehead atoms. The highest BCUT2D eigenvalue weighted by atomic mass is 14.5. The standard InChI is InChI=1S/C11H19N.C2H4/c1-4-5-6-10(2)9-11(3)7-8-12;1-2/h7-9H,2,4-6,12H2,1,3H3;1-2H2/b8-7-,11-9-;. The van der Waals surface area contributed by atoms with Gasteiger partial charge in [-0.3, -0.25) is 0 Å². The van der Waals surface area contributed by atoms with E-state index in [0.29, 0.717) is 0 Å². The van der Waals surface area contributed by atoms with Gasteiger partial charge in [-0.15, -0.1) is 13.2 Å². The number of rotatable bonds is 5. The topological polar surface area (TPSA) is 26.0 Å². The molecule has 80 valence electrons. The molecule has 0 unspecified atom stereocenters. The second kappa shape index (κ2) is 11.8. The summed E-state index contributed by atoms with van der Waals surface area (Å²) in [6.07, 6.45) is 9.05. The van der Waals surface area contributed by atoms with Crippen molar-refractivity contribution in [2.24, 2.45) is 5.73 Å². The zero-order valence-corrected chi connectivity index (χ0v) is 9.55. The first-order valence-electron chi connectivity index (χ1n) is 4.95. The Hall–Kier alpha value is -1.24. The quantitative estimate of drug-likeness (QED) is 0.519. The zero-order valence-electron chi connectivity index (χ0n) is 9.55. The van der Waals surface area contributed by atoms with E-state index in [4.69, 9.17) is 5.73 Å². The third-order valence-corrected chi connectivity index (χ3v) is 1.64. The molecule has 0 radical (unpaired) electrons. The van der Waals surface area contributed by atoms with Crippen LogP contribution in [-0.4, -0.2) is 0 Å². The molecule has 1 heteroatoms. The summed E-state index contributed by atoms with van der Waals surface area (Å²) in [5.41, 5.74) is 7.61. The number of unbranched alkanes of at least 4 members (excludes halogenated alkanes) is 1. The molecule has 0 spiro atoms. The van der Waals surface area contributed by atoms with Gasteiger partial charge in [0.15, 0.2) is 0 Å². The van der Waals surface area contributed by atoms with Crippen molar-refractivity contribution in [1.29, 1.82) is 0 Å². The molecular weight excluding hydrogens is 170 g/mol. The maximum atomic E-state index is 5.25. The van der Waals surface area contributed by atoms with E-state index in [-0.39, 0.29) is 0 Å². The van der Waals surface area contributed by atoms with E-state index in [0.717, 1.165) is 6.42 Å². The SMILES string of the molecule is C=C.C=C(/C=C(C)\C=C/N)CCCC. The first-order chi connectivity index (χ1) is 6.70. The lowest BCUT2D eigenvalue weighted by Gasteiger charge is -1.98. The molecule has 0 saturated carbocycles. The fourth-order valence-corrected chi connectivity index (χ4v) is 0.998. The highest BCUT2D eigenvalue weighted by Crippen LogP contribution is 2.09. The average Bonchev–Trinajstić information content (AvgIpc) is 2.18. The fourth-order valence-electron chi connectivity index (χ4n) is 0.998. The van der Waals surface area contributed by atoms with Crippen molar-refractivity contribution >= 4 is 0 Å². The lowest BCUT2D eigenvalue weighted by molar-refractivity contribution is 0.799. The number of hydrogen-bond acceptors (Lipinski definition) is 1. The summed E-state index contributed by atoms with van der Waals surface area (Å²) >= 11 is 0. The molecule has 0 aliphatic carbocycles. The van der Waals surface area contributed by atoms with Crippen LogP contribution in [0.5, 0.6) is 0 Å². The van der Waals surface area contributed by atoms with Crippen molar-refractivity contribution < 1.29 is 0 Å². The van der Waals surface area contributed by atoms with E-state index in [1.54, 1.807) is 6.20 Å². The van der Waals surface area contributed by atoms with Gasteiger partial charge in [0.05, 0.1) is 0 Å². The van der Waals surface area contributed by atoms with Crippen LogP contribution in [0.3, 0.4) is 0 Å². The Kier molecular flexibility index (Phi) is 12.8. The maximum Gasteiger partial charge on any atom is -0.00597 e. The van der Waals surface area contributed by atoms with Crippen LogP contribution >= 0.6 is 0 Å². The van der Waals surface area contributed by atoms with Crippen LogP contribution in [0.15, 0.2) is 49.2 Å². The molecule has 0 aliphatic rings. The summed E-state index contributed by atoms with van der Waals surface area (Å²) in [5.74, 6) is 0. The number of hydrogen-bond donors (Lipinski definition) is 1. The third kappa shape index (κ3) is 10.8. The first-order valence-corrected chi connectivity index (χ1v) is 4.95. The summed E-state index contributed by atoms with van der Waals surface area (Å²) in [7, 11) is 0. The van der Waals surface area contributed by atoms with Crippen molar-refractivity contribution in [2.75, 3.05) is 0 Å². The summed E-state index contributed by atoms with van der Waals surface area (Å²) in [5, 5.41) is 0. The molecule has 14 heavy (non-hydrogen) atoms. The van der Waals surface area contributed by atoms with Crippen LogP contribution in [0.4, 0.5) is 0 Å². The van der Waals surface area contributed by atoms with Crippen molar-refractivity contribution in [3.63, 3.8) is 0 Å². The summed E-state index contributed by atoms with van der Waals surface area (Å²) in [6.45, 7) is 14.2. The van der Waals surface area contributed by atoms with Gasteiger partial charge in [-0.25, -0.2) is 0 Å². The van der Waals surface area contributed by atoms with Crippen molar-refractivity contribution in [3.05, 3.63) is 49.2 Å². The molecule has 0 atom stereocenters. The van der Waals surface area contributed by atoms with E-state index in [2.05, 4.69) is 32.7 Å².